The molecule has 1 aliphatic rings. The normalized spacial score (nSPS) is 19.9. The first kappa shape index (κ1) is 13.9. The second-order valence-electron chi connectivity index (χ2n) is 4.47. The van der Waals surface area contributed by atoms with Gasteiger partial charge in [-0.3, -0.25) is 4.90 Å². The highest BCUT2D eigenvalue weighted by molar-refractivity contribution is 4.69. The van der Waals surface area contributed by atoms with Gasteiger partial charge >= 0.3 is 0 Å². The molecule has 1 aliphatic heterocycles. The van der Waals surface area contributed by atoms with Crippen molar-refractivity contribution in [1.82, 2.24) is 10.2 Å². The Morgan fingerprint density at radius 1 is 1.31 bits per heavy atom. The third-order valence-electron chi connectivity index (χ3n) is 2.90. The fourth-order valence-electron chi connectivity index (χ4n) is 1.96. The molecule has 0 bridgehead atoms. The predicted molar refractivity (Wildman–Crippen MR) is 65.8 cm³/mol. The van der Waals surface area contributed by atoms with E-state index in [2.05, 4.69) is 17.1 Å². The first-order valence-electron chi connectivity index (χ1n) is 6.35. The highest BCUT2D eigenvalue weighted by atomic mass is 16.5. The Hall–Kier alpha value is -0.160. The Labute approximate surface area is 99.3 Å². The summed E-state index contributed by atoms with van der Waals surface area (Å²) in [5.74, 6) is 0. The zero-order valence-corrected chi connectivity index (χ0v) is 10.7. The molecule has 1 unspecified atom stereocenters. The first-order valence-corrected chi connectivity index (χ1v) is 6.35. The van der Waals surface area contributed by atoms with E-state index in [0.29, 0.717) is 6.04 Å². The monoisotopic (exact) mass is 230 g/mol. The van der Waals surface area contributed by atoms with Crippen LogP contribution < -0.4 is 5.32 Å². The lowest BCUT2D eigenvalue weighted by Crippen LogP contribution is -2.44. The topological polar surface area (TPSA) is 33.7 Å². The molecule has 0 aromatic heterocycles. The second kappa shape index (κ2) is 8.93. The molecule has 1 atom stereocenters. The van der Waals surface area contributed by atoms with Crippen molar-refractivity contribution in [3.05, 3.63) is 0 Å². The molecule has 0 radical (unpaired) electrons. The molecule has 0 amide bonds. The summed E-state index contributed by atoms with van der Waals surface area (Å²) in [6, 6.07) is 0.570. The van der Waals surface area contributed by atoms with Crippen LogP contribution in [-0.4, -0.2) is 64.1 Å². The Morgan fingerprint density at radius 3 is 2.75 bits per heavy atom. The molecule has 1 saturated heterocycles. The summed E-state index contributed by atoms with van der Waals surface area (Å²) in [5, 5.41) is 3.55. The standard InChI is InChI=1S/C12H26N2O2/c1-12(13-5-3-4-8-15-2)11-14-6-9-16-10-7-14/h12-13H,3-11H2,1-2H3. The Bertz CT molecular complexity index is 161. The quantitative estimate of drug-likeness (QED) is 0.623. The molecule has 16 heavy (non-hydrogen) atoms. The SMILES string of the molecule is COCCCCNC(C)CN1CCOCC1. The molecule has 4 nitrogen and oxygen atoms in total. The maximum Gasteiger partial charge on any atom is 0.0594 e. The van der Waals surface area contributed by atoms with Crippen LogP contribution in [0.2, 0.25) is 0 Å². The highest BCUT2D eigenvalue weighted by Crippen LogP contribution is 1.98. The predicted octanol–water partition coefficient (Wildman–Crippen LogP) is 0.723. The second-order valence-corrected chi connectivity index (χ2v) is 4.47. The lowest BCUT2D eigenvalue weighted by Gasteiger charge is -2.29. The molecule has 0 spiro atoms. The Morgan fingerprint density at radius 2 is 2.06 bits per heavy atom. The number of methoxy groups -OCH3 is 1. The van der Waals surface area contributed by atoms with Crippen LogP contribution in [0.25, 0.3) is 0 Å². The van der Waals surface area contributed by atoms with E-state index in [4.69, 9.17) is 9.47 Å². The maximum atomic E-state index is 5.33. The van der Waals surface area contributed by atoms with Crippen LogP contribution in [0.1, 0.15) is 19.8 Å². The smallest absolute Gasteiger partial charge is 0.0594 e. The maximum absolute atomic E-state index is 5.33. The zero-order valence-electron chi connectivity index (χ0n) is 10.7. The van der Waals surface area contributed by atoms with E-state index in [9.17, 15) is 0 Å². The first-order chi connectivity index (χ1) is 7.83. The number of nitrogens with one attached hydrogen (secondary N) is 1. The third-order valence-corrected chi connectivity index (χ3v) is 2.90. The van der Waals surface area contributed by atoms with E-state index >= 15 is 0 Å². The number of unbranched alkanes of at least 4 members (excludes halogenated alkanes) is 1. The van der Waals surface area contributed by atoms with Crippen LogP contribution in [0.15, 0.2) is 0 Å². The van der Waals surface area contributed by atoms with Crippen LogP contribution in [-0.2, 0) is 9.47 Å². The van der Waals surface area contributed by atoms with Crippen molar-refractivity contribution in [3.8, 4) is 0 Å². The van der Waals surface area contributed by atoms with Gasteiger partial charge in [0.25, 0.3) is 0 Å². The van der Waals surface area contributed by atoms with Gasteiger partial charge in [-0.05, 0) is 26.3 Å². The minimum atomic E-state index is 0.570. The third kappa shape index (κ3) is 6.43. The molecule has 0 aliphatic carbocycles. The fraction of sp³-hybridized carbons (Fsp3) is 1.00. The number of morpholine rings is 1. The summed E-state index contributed by atoms with van der Waals surface area (Å²) in [6.45, 7) is 9.29. The minimum absolute atomic E-state index is 0.570. The lowest BCUT2D eigenvalue weighted by atomic mass is 10.2. The summed E-state index contributed by atoms with van der Waals surface area (Å²) < 4.78 is 10.4. The van der Waals surface area contributed by atoms with E-state index in [1.165, 1.54) is 6.42 Å². The molecule has 1 fully saturated rings. The largest absolute Gasteiger partial charge is 0.385 e. The van der Waals surface area contributed by atoms with Gasteiger partial charge in [-0.15, -0.1) is 0 Å². The highest BCUT2D eigenvalue weighted by Gasteiger charge is 2.12. The van der Waals surface area contributed by atoms with Crippen LogP contribution in [0, 0.1) is 0 Å². The molecule has 0 aromatic carbocycles. The van der Waals surface area contributed by atoms with Crippen molar-refractivity contribution in [2.75, 3.05) is 53.1 Å². The van der Waals surface area contributed by atoms with E-state index in [-0.39, 0.29) is 0 Å². The van der Waals surface area contributed by atoms with Gasteiger partial charge in [-0.25, -0.2) is 0 Å². The van der Waals surface area contributed by atoms with Gasteiger partial charge in [0.05, 0.1) is 13.2 Å². The van der Waals surface area contributed by atoms with Crippen molar-refractivity contribution >= 4 is 0 Å². The molecule has 0 aromatic rings. The number of ether oxygens (including phenoxy) is 2. The van der Waals surface area contributed by atoms with Gasteiger partial charge in [0.15, 0.2) is 0 Å². The molecule has 4 heteroatoms. The van der Waals surface area contributed by atoms with E-state index in [0.717, 1.165) is 52.4 Å². The molecular formula is C12H26N2O2. The fourth-order valence-corrected chi connectivity index (χ4v) is 1.96. The summed E-state index contributed by atoms with van der Waals surface area (Å²) in [7, 11) is 1.76. The lowest BCUT2D eigenvalue weighted by molar-refractivity contribution is 0.0344. The zero-order chi connectivity index (χ0) is 11.6. The summed E-state index contributed by atoms with van der Waals surface area (Å²) in [6.07, 6.45) is 2.34. The molecule has 1 N–H and O–H groups in total. The van der Waals surface area contributed by atoms with Crippen LogP contribution in [0.3, 0.4) is 0 Å². The van der Waals surface area contributed by atoms with E-state index < -0.39 is 0 Å². The van der Waals surface area contributed by atoms with Crippen molar-refractivity contribution in [3.63, 3.8) is 0 Å². The van der Waals surface area contributed by atoms with E-state index in [1.807, 2.05) is 0 Å². The minimum Gasteiger partial charge on any atom is -0.385 e. The van der Waals surface area contributed by atoms with Gasteiger partial charge in [-0.2, -0.15) is 0 Å². The molecular weight excluding hydrogens is 204 g/mol. The van der Waals surface area contributed by atoms with E-state index in [1.54, 1.807) is 7.11 Å². The molecule has 1 heterocycles. The van der Waals surface area contributed by atoms with Crippen LogP contribution in [0.5, 0.6) is 0 Å². The van der Waals surface area contributed by atoms with Crippen molar-refractivity contribution < 1.29 is 9.47 Å². The number of hydrogen-bond donors (Lipinski definition) is 1. The Balaban J connectivity index is 1.95. The van der Waals surface area contributed by atoms with Gasteiger partial charge in [0, 0.05) is 39.4 Å². The van der Waals surface area contributed by atoms with Crippen LogP contribution >= 0.6 is 0 Å². The van der Waals surface area contributed by atoms with Crippen molar-refractivity contribution in [2.45, 2.75) is 25.8 Å². The molecule has 1 rings (SSSR count). The number of hydrogen-bond acceptors (Lipinski definition) is 4. The molecule has 0 saturated carbocycles. The van der Waals surface area contributed by atoms with Crippen molar-refractivity contribution in [2.24, 2.45) is 0 Å². The summed E-state index contributed by atoms with van der Waals surface area (Å²) in [5.41, 5.74) is 0. The number of nitrogens with zero attached hydrogens (tertiary/aromatic N) is 1. The van der Waals surface area contributed by atoms with Gasteiger partial charge < -0.3 is 14.8 Å². The van der Waals surface area contributed by atoms with Gasteiger partial charge in [0.1, 0.15) is 0 Å². The van der Waals surface area contributed by atoms with Crippen molar-refractivity contribution in [1.29, 1.82) is 0 Å². The van der Waals surface area contributed by atoms with Crippen LogP contribution in [0.4, 0.5) is 0 Å². The average molecular weight is 230 g/mol. The molecule has 96 valence electrons. The number of rotatable bonds is 8. The average Bonchev–Trinajstić information content (AvgIpc) is 2.30. The van der Waals surface area contributed by atoms with Gasteiger partial charge in [0.2, 0.25) is 0 Å². The van der Waals surface area contributed by atoms with Gasteiger partial charge in [-0.1, -0.05) is 0 Å². The summed E-state index contributed by atoms with van der Waals surface area (Å²) in [4.78, 5) is 2.47. The summed E-state index contributed by atoms with van der Waals surface area (Å²) >= 11 is 0. The Kier molecular flexibility index (Phi) is 7.76.